The Morgan fingerprint density at radius 3 is 1.27 bits per heavy atom. The molecule has 0 fully saturated rings. The summed E-state index contributed by atoms with van der Waals surface area (Å²) in [6.45, 7) is 6.35. The summed E-state index contributed by atoms with van der Waals surface area (Å²) in [5, 5.41) is 23.7. The Morgan fingerprint density at radius 2 is 0.857 bits per heavy atom. The van der Waals surface area contributed by atoms with Crippen molar-refractivity contribution in [3.8, 4) is 0 Å². The Balaban J connectivity index is 4.62. The van der Waals surface area contributed by atoms with Crippen LogP contribution in [0.2, 0.25) is 0 Å². The second-order valence-electron chi connectivity index (χ2n) is 18.3. The van der Waals surface area contributed by atoms with Gasteiger partial charge in [0.25, 0.3) is 0 Å². The van der Waals surface area contributed by atoms with Gasteiger partial charge in [-0.3, -0.25) is 9.59 Å². The van der Waals surface area contributed by atoms with E-state index >= 15 is 0 Å². The molecule has 0 spiro atoms. The maximum atomic E-state index is 13.2. The number of aliphatic hydroxyl groups excluding tert-OH is 2. The zero-order chi connectivity index (χ0) is 45.9. The van der Waals surface area contributed by atoms with Crippen molar-refractivity contribution >= 4 is 11.9 Å². The van der Waals surface area contributed by atoms with Gasteiger partial charge in [-0.25, -0.2) is 0 Å². The lowest BCUT2D eigenvalue weighted by Crippen LogP contribution is -2.46. The van der Waals surface area contributed by atoms with Crippen LogP contribution in [-0.4, -0.2) is 46.9 Å². The lowest BCUT2D eigenvalue weighted by atomic mass is 10.0. The largest absolute Gasteiger partial charge is 0.462 e. The van der Waals surface area contributed by atoms with E-state index < -0.39 is 18.2 Å². The standard InChI is InChI=1S/C57H103NO5/c1-4-7-10-13-16-19-21-23-25-27-29-31-33-35-38-41-44-47-50-57(62)63-53(48-45-42-39-37-34-32-30-28-26-24-22-20-17-14-11-8-5-2)51-56(61)58-54(52-59)55(60)49-46-43-40-36-18-15-12-9-6-3/h8,11,17,20,24,26,30,32,37,39,53-55,59-60H,4-7,9-10,12-16,18-19,21-23,25,27-29,31,33-36,38,40-52H2,1-3H3,(H,58,61)/b11-8-,20-17-,26-24-,32-30-,39-37-. The van der Waals surface area contributed by atoms with Crippen LogP contribution >= 0.6 is 0 Å². The zero-order valence-electron chi connectivity index (χ0n) is 41.7. The summed E-state index contributed by atoms with van der Waals surface area (Å²) in [5.41, 5.74) is 0. The van der Waals surface area contributed by atoms with Gasteiger partial charge in [0, 0.05) is 6.42 Å². The zero-order valence-corrected chi connectivity index (χ0v) is 41.7. The van der Waals surface area contributed by atoms with Gasteiger partial charge in [0.1, 0.15) is 6.10 Å². The van der Waals surface area contributed by atoms with Gasteiger partial charge in [0.2, 0.25) is 5.91 Å². The van der Waals surface area contributed by atoms with Gasteiger partial charge in [-0.2, -0.15) is 0 Å². The molecular formula is C57H103NO5. The normalized spacial score (nSPS) is 13.7. The summed E-state index contributed by atoms with van der Waals surface area (Å²) in [4.78, 5) is 26.2. The van der Waals surface area contributed by atoms with Crippen LogP contribution in [0.15, 0.2) is 60.8 Å². The Labute approximate surface area is 390 Å². The fraction of sp³-hybridized carbons (Fsp3) is 0.789. The highest BCUT2D eigenvalue weighted by Crippen LogP contribution is 2.17. The first-order valence-electron chi connectivity index (χ1n) is 27.0. The van der Waals surface area contributed by atoms with Gasteiger partial charge >= 0.3 is 5.97 Å². The molecule has 0 rings (SSSR count). The van der Waals surface area contributed by atoms with Crippen molar-refractivity contribution in [2.75, 3.05) is 6.61 Å². The molecule has 366 valence electrons. The van der Waals surface area contributed by atoms with Gasteiger partial charge in [0.05, 0.1) is 25.2 Å². The van der Waals surface area contributed by atoms with Gasteiger partial charge in [-0.15, -0.1) is 0 Å². The van der Waals surface area contributed by atoms with Crippen LogP contribution in [0, 0.1) is 0 Å². The Bertz CT molecular complexity index is 1130. The molecule has 0 heterocycles. The molecule has 3 unspecified atom stereocenters. The van der Waals surface area contributed by atoms with E-state index in [0.717, 1.165) is 83.5 Å². The number of rotatable bonds is 48. The molecule has 3 N–H and O–H groups in total. The molecule has 0 aliphatic rings. The van der Waals surface area contributed by atoms with Crippen LogP contribution in [-0.2, 0) is 14.3 Å². The highest BCUT2D eigenvalue weighted by atomic mass is 16.5. The Hall–Kier alpha value is -2.44. The fourth-order valence-corrected chi connectivity index (χ4v) is 8.05. The molecule has 6 nitrogen and oxygen atoms in total. The van der Waals surface area contributed by atoms with Crippen molar-refractivity contribution in [1.82, 2.24) is 5.32 Å². The summed E-state index contributed by atoms with van der Waals surface area (Å²) < 4.78 is 5.92. The third-order valence-electron chi connectivity index (χ3n) is 12.1. The number of hydrogen-bond donors (Lipinski definition) is 3. The fourth-order valence-electron chi connectivity index (χ4n) is 8.05. The van der Waals surface area contributed by atoms with E-state index in [1.54, 1.807) is 0 Å². The Morgan fingerprint density at radius 1 is 0.476 bits per heavy atom. The second-order valence-corrected chi connectivity index (χ2v) is 18.3. The minimum atomic E-state index is -0.802. The smallest absolute Gasteiger partial charge is 0.306 e. The molecule has 0 aromatic carbocycles. The van der Waals surface area contributed by atoms with Crippen LogP contribution < -0.4 is 5.32 Å². The predicted octanol–water partition coefficient (Wildman–Crippen LogP) is 16.4. The molecule has 0 aliphatic carbocycles. The molecule has 0 saturated heterocycles. The summed E-state index contributed by atoms with van der Waals surface area (Å²) in [7, 11) is 0. The number of aliphatic hydroxyl groups is 2. The number of carbonyl (C=O) groups is 2. The van der Waals surface area contributed by atoms with E-state index in [4.69, 9.17) is 4.74 Å². The number of carbonyl (C=O) groups excluding carboxylic acids is 2. The van der Waals surface area contributed by atoms with Crippen LogP contribution in [0.25, 0.3) is 0 Å². The molecule has 0 aromatic rings. The summed E-state index contributed by atoms with van der Waals surface area (Å²) in [6, 6.07) is -0.719. The maximum absolute atomic E-state index is 13.2. The molecule has 0 saturated carbocycles. The average Bonchev–Trinajstić information content (AvgIpc) is 3.28. The number of amides is 1. The molecule has 63 heavy (non-hydrogen) atoms. The van der Waals surface area contributed by atoms with Crippen LogP contribution in [0.3, 0.4) is 0 Å². The number of esters is 1. The van der Waals surface area contributed by atoms with E-state index in [-0.39, 0.29) is 24.9 Å². The number of allylic oxidation sites excluding steroid dienone is 10. The lowest BCUT2D eigenvalue weighted by molar-refractivity contribution is -0.151. The third-order valence-corrected chi connectivity index (χ3v) is 12.1. The van der Waals surface area contributed by atoms with Crippen LogP contribution in [0.5, 0.6) is 0 Å². The third kappa shape index (κ3) is 45.9. The number of hydrogen-bond acceptors (Lipinski definition) is 5. The SMILES string of the molecule is CC/C=C\C/C=C\C/C=C\C/C=C\C/C=C\CCCC(CC(=O)NC(CO)C(O)CCCCCCCCCCC)OC(=O)CCCCCCCCCCCCCCCCCCCC. The van der Waals surface area contributed by atoms with E-state index in [1.807, 2.05) is 0 Å². The summed E-state index contributed by atoms with van der Waals surface area (Å²) in [6.07, 6.45) is 63.0. The molecule has 6 heteroatoms. The second kappa shape index (κ2) is 50.6. The topological polar surface area (TPSA) is 95.9 Å². The first kappa shape index (κ1) is 60.6. The van der Waals surface area contributed by atoms with E-state index in [9.17, 15) is 19.8 Å². The summed E-state index contributed by atoms with van der Waals surface area (Å²) in [5.74, 6) is -0.524. The van der Waals surface area contributed by atoms with E-state index in [0.29, 0.717) is 19.3 Å². The van der Waals surface area contributed by atoms with Crippen LogP contribution in [0.1, 0.15) is 265 Å². The van der Waals surface area contributed by atoms with Crippen molar-refractivity contribution in [3.63, 3.8) is 0 Å². The number of unbranched alkanes of at least 4 members (excludes halogenated alkanes) is 26. The van der Waals surface area contributed by atoms with Gasteiger partial charge < -0.3 is 20.3 Å². The van der Waals surface area contributed by atoms with Gasteiger partial charge in [-0.1, -0.05) is 248 Å². The minimum absolute atomic E-state index is 0.0395. The molecule has 3 atom stereocenters. The number of nitrogens with one attached hydrogen (secondary N) is 1. The molecule has 1 amide bonds. The van der Waals surface area contributed by atoms with Gasteiger partial charge in [0.15, 0.2) is 0 Å². The molecule has 0 aromatic heterocycles. The van der Waals surface area contributed by atoms with Gasteiger partial charge in [-0.05, 0) is 64.2 Å². The van der Waals surface area contributed by atoms with Crippen LogP contribution in [0.4, 0.5) is 0 Å². The van der Waals surface area contributed by atoms with Crippen molar-refractivity contribution in [2.45, 2.75) is 283 Å². The van der Waals surface area contributed by atoms with E-state index in [1.165, 1.54) is 135 Å². The maximum Gasteiger partial charge on any atom is 0.306 e. The van der Waals surface area contributed by atoms with Crippen molar-refractivity contribution < 1.29 is 24.5 Å². The minimum Gasteiger partial charge on any atom is -0.462 e. The molecular weight excluding hydrogens is 779 g/mol. The highest BCUT2D eigenvalue weighted by Gasteiger charge is 2.24. The lowest BCUT2D eigenvalue weighted by Gasteiger charge is -2.24. The van der Waals surface area contributed by atoms with Crippen molar-refractivity contribution in [1.29, 1.82) is 0 Å². The average molecular weight is 882 g/mol. The van der Waals surface area contributed by atoms with Crippen molar-refractivity contribution in [3.05, 3.63) is 60.8 Å². The first-order chi connectivity index (χ1) is 31.0. The quantitative estimate of drug-likeness (QED) is 0.0321. The van der Waals surface area contributed by atoms with Crippen molar-refractivity contribution in [2.24, 2.45) is 0 Å². The van der Waals surface area contributed by atoms with E-state index in [2.05, 4.69) is 86.8 Å². The molecule has 0 bridgehead atoms. The highest BCUT2D eigenvalue weighted by molar-refractivity contribution is 5.77. The first-order valence-corrected chi connectivity index (χ1v) is 27.0. The summed E-state index contributed by atoms with van der Waals surface area (Å²) >= 11 is 0. The monoisotopic (exact) mass is 882 g/mol. The number of ether oxygens (including phenoxy) is 1. The molecule has 0 radical (unpaired) electrons. The molecule has 0 aliphatic heterocycles. The Kier molecular flexibility index (Phi) is 48.6. The predicted molar refractivity (Wildman–Crippen MR) is 273 cm³/mol.